The van der Waals surface area contributed by atoms with Crippen LogP contribution in [0.4, 0.5) is 17.1 Å². The molecule has 0 N–H and O–H groups in total. The Hall–Kier alpha value is -7.68. The van der Waals surface area contributed by atoms with Gasteiger partial charge in [-0.25, -0.2) is 0 Å². The van der Waals surface area contributed by atoms with E-state index in [4.69, 9.17) is 0 Å². The van der Waals surface area contributed by atoms with Gasteiger partial charge in [0, 0.05) is 33.5 Å². The molecule has 1 aliphatic rings. The smallest absolute Gasteiger partial charge is 0.0541 e. The van der Waals surface area contributed by atoms with E-state index in [0.29, 0.717) is 0 Å². The summed E-state index contributed by atoms with van der Waals surface area (Å²) in [5, 5.41) is 2.50. The summed E-state index contributed by atoms with van der Waals surface area (Å²) in [6.07, 6.45) is 9.63. The van der Waals surface area contributed by atoms with E-state index in [0.717, 1.165) is 40.2 Å². The molecule has 0 atom stereocenters. The predicted octanol–water partition coefficient (Wildman–Crippen LogP) is 15.3. The molecular formula is C57H42N2. The summed E-state index contributed by atoms with van der Waals surface area (Å²) in [6, 6.07) is 74.0. The lowest BCUT2D eigenvalue weighted by atomic mass is 9.84. The van der Waals surface area contributed by atoms with Gasteiger partial charge in [-0.05, 0) is 123 Å². The summed E-state index contributed by atoms with van der Waals surface area (Å²) >= 11 is 0. The second-order valence-electron chi connectivity index (χ2n) is 15.0. The number of fused-ring (bicyclic) bond motifs is 3. The molecule has 1 heterocycles. The molecule has 10 rings (SSSR count). The second-order valence-corrected chi connectivity index (χ2v) is 15.0. The van der Waals surface area contributed by atoms with Gasteiger partial charge in [0.25, 0.3) is 0 Å². The number of anilines is 3. The monoisotopic (exact) mass is 754 g/mol. The minimum atomic E-state index is 0.865. The quantitative estimate of drug-likeness (QED) is 0.142. The molecule has 0 bridgehead atoms. The van der Waals surface area contributed by atoms with E-state index < -0.39 is 0 Å². The summed E-state index contributed by atoms with van der Waals surface area (Å²) in [5.41, 5.74) is 17.4. The van der Waals surface area contributed by atoms with Crippen molar-refractivity contribution in [2.75, 3.05) is 4.90 Å². The fourth-order valence-electron chi connectivity index (χ4n) is 8.58. The summed E-state index contributed by atoms with van der Waals surface area (Å²) in [7, 11) is 0. The molecule has 0 saturated carbocycles. The van der Waals surface area contributed by atoms with Crippen molar-refractivity contribution in [3.05, 3.63) is 265 Å². The highest BCUT2D eigenvalue weighted by Gasteiger charge is 2.19. The van der Waals surface area contributed by atoms with Crippen LogP contribution in [0.5, 0.6) is 0 Å². The van der Waals surface area contributed by atoms with E-state index in [1.807, 2.05) is 0 Å². The number of hydrogen-bond donors (Lipinski definition) is 0. The molecule has 280 valence electrons. The van der Waals surface area contributed by atoms with Gasteiger partial charge in [0.1, 0.15) is 0 Å². The molecule has 9 aromatic rings. The summed E-state index contributed by atoms with van der Waals surface area (Å²) in [4.78, 5) is 2.34. The lowest BCUT2D eigenvalue weighted by Gasteiger charge is -2.26. The summed E-state index contributed by atoms with van der Waals surface area (Å²) < 4.78 is 2.36. The molecule has 0 saturated heterocycles. The Labute approximate surface area is 346 Å². The molecule has 8 aromatic carbocycles. The molecule has 2 nitrogen and oxygen atoms in total. The zero-order valence-corrected chi connectivity index (χ0v) is 32.7. The third-order valence-electron chi connectivity index (χ3n) is 11.4. The molecule has 0 unspecified atom stereocenters. The minimum Gasteiger partial charge on any atom is -0.311 e. The molecule has 0 radical (unpaired) electrons. The zero-order valence-electron chi connectivity index (χ0n) is 32.7. The van der Waals surface area contributed by atoms with Crippen molar-refractivity contribution < 1.29 is 0 Å². The normalized spacial score (nSPS) is 13.2. The van der Waals surface area contributed by atoms with Gasteiger partial charge < -0.3 is 9.47 Å². The van der Waals surface area contributed by atoms with Crippen molar-refractivity contribution in [2.24, 2.45) is 0 Å². The van der Waals surface area contributed by atoms with Gasteiger partial charge in [0.05, 0.1) is 11.0 Å². The highest BCUT2D eigenvalue weighted by molar-refractivity contribution is 6.10. The highest BCUT2D eigenvalue weighted by atomic mass is 15.1. The van der Waals surface area contributed by atoms with Gasteiger partial charge in [-0.3, -0.25) is 0 Å². The van der Waals surface area contributed by atoms with Gasteiger partial charge in [-0.1, -0.05) is 170 Å². The predicted molar refractivity (Wildman–Crippen MR) is 251 cm³/mol. The van der Waals surface area contributed by atoms with Crippen LogP contribution >= 0.6 is 0 Å². The SMILES string of the molecule is C=C(c1ccccc1)c1ccccc1/C(=C1/C=CC=CC1)c1ccc(N(c2ccccc2)c2ccc(-c3ccc4c(c3)c3ccccc3n4-c3ccccc3)cc2)cc1. The van der Waals surface area contributed by atoms with Crippen molar-refractivity contribution in [1.82, 2.24) is 4.57 Å². The average Bonchev–Trinajstić information content (AvgIpc) is 3.65. The number of allylic oxidation sites excluding steroid dienone is 5. The first-order chi connectivity index (χ1) is 29.2. The average molecular weight is 755 g/mol. The summed E-state index contributed by atoms with van der Waals surface area (Å²) in [5.74, 6) is 0. The molecule has 1 aliphatic carbocycles. The lowest BCUT2D eigenvalue weighted by molar-refractivity contribution is 1.18. The summed E-state index contributed by atoms with van der Waals surface area (Å²) in [6.45, 7) is 4.58. The maximum Gasteiger partial charge on any atom is 0.0541 e. The number of hydrogen-bond acceptors (Lipinski definition) is 1. The number of aromatic nitrogens is 1. The van der Waals surface area contributed by atoms with Crippen LogP contribution in [0.25, 0.3) is 49.8 Å². The van der Waals surface area contributed by atoms with Gasteiger partial charge in [-0.15, -0.1) is 0 Å². The number of nitrogens with zero attached hydrogens (tertiary/aromatic N) is 2. The van der Waals surface area contributed by atoms with E-state index in [1.54, 1.807) is 0 Å². The highest BCUT2D eigenvalue weighted by Crippen LogP contribution is 2.41. The topological polar surface area (TPSA) is 8.17 Å². The maximum absolute atomic E-state index is 4.58. The van der Waals surface area contributed by atoms with Crippen LogP contribution in [-0.2, 0) is 0 Å². The van der Waals surface area contributed by atoms with E-state index in [-0.39, 0.29) is 0 Å². The first-order valence-corrected chi connectivity index (χ1v) is 20.3. The zero-order chi connectivity index (χ0) is 39.5. The first-order valence-electron chi connectivity index (χ1n) is 20.3. The van der Waals surface area contributed by atoms with Gasteiger partial charge in [-0.2, -0.15) is 0 Å². The van der Waals surface area contributed by atoms with Crippen molar-refractivity contribution >= 4 is 50.0 Å². The Morgan fingerprint density at radius 3 is 1.75 bits per heavy atom. The van der Waals surface area contributed by atoms with Crippen molar-refractivity contribution in [1.29, 1.82) is 0 Å². The standard InChI is InChI=1S/C57H42N2/c1-41(42-18-6-2-7-19-42)51-26-14-15-28-53(51)57(44-20-8-3-9-21-44)45-32-37-50(38-33-45)58(47-22-10-4-11-23-47)49-35-30-43(31-36-49)46-34-39-56-54(40-46)52-27-16-17-29-55(52)59(56)48-24-12-5-13-25-48/h2-20,22-40H,1,21H2/b57-44-. The minimum absolute atomic E-state index is 0.865. The van der Waals surface area contributed by atoms with Crippen LogP contribution in [0.2, 0.25) is 0 Å². The van der Waals surface area contributed by atoms with E-state index in [1.165, 1.54) is 60.9 Å². The van der Waals surface area contributed by atoms with Crippen LogP contribution in [0, 0.1) is 0 Å². The molecule has 59 heavy (non-hydrogen) atoms. The largest absolute Gasteiger partial charge is 0.311 e. The second kappa shape index (κ2) is 15.7. The molecule has 2 heteroatoms. The Bertz CT molecular complexity index is 3040. The maximum atomic E-state index is 4.58. The Morgan fingerprint density at radius 1 is 0.458 bits per heavy atom. The molecule has 1 aromatic heterocycles. The fourth-order valence-corrected chi connectivity index (χ4v) is 8.58. The Morgan fingerprint density at radius 2 is 1.03 bits per heavy atom. The van der Waals surface area contributed by atoms with E-state index in [2.05, 4.69) is 247 Å². The molecule has 0 fully saturated rings. The van der Waals surface area contributed by atoms with Crippen molar-refractivity contribution in [3.8, 4) is 16.8 Å². The van der Waals surface area contributed by atoms with E-state index in [9.17, 15) is 0 Å². The molecule has 0 aliphatic heterocycles. The third kappa shape index (κ3) is 6.81. The lowest BCUT2D eigenvalue weighted by Crippen LogP contribution is -2.10. The number of rotatable bonds is 9. The van der Waals surface area contributed by atoms with Gasteiger partial charge in [0.15, 0.2) is 0 Å². The van der Waals surface area contributed by atoms with Crippen LogP contribution < -0.4 is 4.90 Å². The van der Waals surface area contributed by atoms with E-state index >= 15 is 0 Å². The van der Waals surface area contributed by atoms with Crippen LogP contribution in [-0.4, -0.2) is 4.57 Å². The van der Waals surface area contributed by atoms with Gasteiger partial charge >= 0.3 is 0 Å². The van der Waals surface area contributed by atoms with Crippen molar-refractivity contribution in [3.63, 3.8) is 0 Å². The Kier molecular flexibility index (Phi) is 9.50. The number of benzene rings is 8. The molecule has 0 spiro atoms. The Balaban J connectivity index is 1.02. The molecular weight excluding hydrogens is 713 g/mol. The first kappa shape index (κ1) is 35.7. The van der Waals surface area contributed by atoms with Crippen molar-refractivity contribution in [2.45, 2.75) is 6.42 Å². The molecule has 0 amide bonds. The van der Waals surface area contributed by atoms with Crippen LogP contribution in [0.1, 0.15) is 28.7 Å². The van der Waals surface area contributed by atoms with Crippen LogP contribution in [0.15, 0.2) is 243 Å². The fraction of sp³-hybridized carbons (Fsp3) is 0.0175. The van der Waals surface area contributed by atoms with Gasteiger partial charge in [0.2, 0.25) is 0 Å². The third-order valence-corrected chi connectivity index (χ3v) is 11.4. The number of para-hydroxylation sites is 3. The van der Waals surface area contributed by atoms with Crippen LogP contribution in [0.3, 0.4) is 0 Å².